The maximum Gasteiger partial charge on any atom is 0.315 e. The molecule has 2 fully saturated rings. The summed E-state index contributed by atoms with van der Waals surface area (Å²) in [6.45, 7) is 7.69. The summed E-state index contributed by atoms with van der Waals surface area (Å²) >= 11 is 5.95. The Morgan fingerprint density at radius 1 is 1.03 bits per heavy atom. The number of likely N-dealkylation sites (tertiary alicyclic amines) is 1. The minimum Gasteiger partial charge on any atom is -0.341 e. The molecule has 0 spiro atoms. The van der Waals surface area contributed by atoms with Crippen LogP contribution in [-0.4, -0.2) is 73.1 Å². The largest absolute Gasteiger partial charge is 0.341 e. The average molecular weight is 554 g/mol. The third kappa shape index (κ3) is 9.23. The van der Waals surface area contributed by atoms with Crippen LogP contribution in [0.4, 0.5) is 4.79 Å². The Balaban J connectivity index is 1.35. The highest BCUT2D eigenvalue weighted by Crippen LogP contribution is 2.23. The van der Waals surface area contributed by atoms with E-state index in [1.54, 1.807) is 0 Å². The number of carbonyl (C=O) groups excluding carboxylic acids is 2. The molecule has 2 saturated heterocycles. The topological polar surface area (TPSA) is 76.7 Å². The molecule has 2 heterocycles. The summed E-state index contributed by atoms with van der Waals surface area (Å²) < 4.78 is 0. The summed E-state index contributed by atoms with van der Waals surface area (Å²) in [6, 6.07) is 17.5. The first-order valence-electron chi connectivity index (χ1n) is 14.6. The quantitative estimate of drug-likeness (QED) is 0.375. The van der Waals surface area contributed by atoms with E-state index in [9.17, 15) is 9.59 Å². The lowest BCUT2D eigenvalue weighted by atomic mass is 9.95. The van der Waals surface area contributed by atoms with Gasteiger partial charge in [-0.15, -0.1) is 0 Å². The van der Waals surface area contributed by atoms with Crippen LogP contribution in [0.2, 0.25) is 5.02 Å². The van der Waals surface area contributed by atoms with Gasteiger partial charge in [0, 0.05) is 49.7 Å². The molecule has 2 aromatic rings. The normalized spacial score (nSPS) is 21.3. The number of nitrogens with one attached hydrogen (secondary N) is 3. The van der Waals surface area contributed by atoms with Crippen molar-refractivity contribution in [1.82, 2.24) is 25.8 Å². The number of amides is 3. The number of halogens is 1. The van der Waals surface area contributed by atoms with Crippen molar-refractivity contribution in [3.8, 4) is 0 Å². The maximum atomic E-state index is 13.8. The van der Waals surface area contributed by atoms with Crippen LogP contribution in [0.1, 0.15) is 62.5 Å². The molecule has 212 valence electrons. The highest BCUT2D eigenvalue weighted by molar-refractivity contribution is 6.30. The Morgan fingerprint density at radius 3 is 2.49 bits per heavy atom. The highest BCUT2D eigenvalue weighted by Gasteiger charge is 2.32. The maximum absolute atomic E-state index is 13.8. The first-order valence-corrected chi connectivity index (χ1v) is 15.0. The smallest absolute Gasteiger partial charge is 0.315 e. The zero-order valence-corrected chi connectivity index (χ0v) is 24.0. The number of urea groups is 1. The monoisotopic (exact) mass is 553 g/mol. The molecule has 0 aromatic heterocycles. The molecule has 0 aliphatic carbocycles. The van der Waals surface area contributed by atoms with Crippen molar-refractivity contribution in [2.45, 2.75) is 70.0 Å². The van der Waals surface area contributed by atoms with Crippen molar-refractivity contribution in [2.24, 2.45) is 0 Å². The summed E-state index contributed by atoms with van der Waals surface area (Å²) in [5.41, 5.74) is 2.27. The molecule has 3 amide bonds. The Hall–Kier alpha value is -2.61. The number of hydrogen-bond donors (Lipinski definition) is 3. The average Bonchev–Trinajstić information content (AvgIpc) is 3.12. The lowest BCUT2D eigenvalue weighted by Crippen LogP contribution is -2.51. The molecule has 3 N–H and O–H groups in total. The summed E-state index contributed by atoms with van der Waals surface area (Å²) in [7, 11) is 0. The lowest BCUT2D eigenvalue weighted by molar-refractivity contribution is -0.133. The summed E-state index contributed by atoms with van der Waals surface area (Å²) in [5, 5.41) is 10.2. The van der Waals surface area contributed by atoms with E-state index < -0.39 is 0 Å². The zero-order valence-electron chi connectivity index (χ0n) is 23.2. The third-order valence-corrected chi connectivity index (χ3v) is 8.31. The Labute approximate surface area is 238 Å². The van der Waals surface area contributed by atoms with Gasteiger partial charge in [0.05, 0.1) is 6.04 Å². The minimum absolute atomic E-state index is 0.0309. The van der Waals surface area contributed by atoms with Gasteiger partial charge in [-0.05, 0) is 68.5 Å². The van der Waals surface area contributed by atoms with Gasteiger partial charge in [-0.1, -0.05) is 67.4 Å². The van der Waals surface area contributed by atoms with Gasteiger partial charge in [-0.2, -0.15) is 0 Å². The van der Waals surface area contributed by atoms with E-state index in [-0.39, 0.29) is 24.0 Å². The molecule has 0 radical (unpaired) electrons. The second-order valence-electron chi connectivity index (χ2n) is 10.9. The molecule has 8 heteroatoms. The number of rotatable bonds is 11. The highest BCUT2D eigenvalue weighted by atomic mass is 35.5. The van der Waals surface area contributed by atoms with Crippen molar-refractivity contribution in [3.63, 3.8) is 0 Å². The van der Waals surface area contributed by atoms with E-state index in [2.05, 4.69) is 56.9 Å². The van der Waals surface area contributed by atoms with Crippen molar-refractivity contribution in [2.75, 3.05) is 39.3 Å². The van der Waals surface area contributed by atoms with E-state index in [1.807, 2.05) is 30.3 Å². The Morgan fingerprint density at radius 2 is 1.77 bits per heavy atom. The summed E-state index contributed by atoms with van der Waals surface area (Å²) in [5.74, 6) is 0.502. The fourth-order valence-electron chi connectivity index (χ4n) is 5.65. The molecule has 3 atom stereocenters. The van der Waals surface area contributed by atoms with Crippen LogP contribution in [0.5, 0.6) is 0 Å². The van der Waals surface area contributed by atoms with Gasteiger partial charge in [-0.25, -0.2) is 4.79 Å². The van der Waals surface area contributed by atoms with Crippen molar-refractivity contribution < 1.29 is 9.59 Å². The second kappa shape index (κ2) is 15.2. The van der Waals surface area contributed by atoms with Gasteiger partial charge in [0.1, 0.15) is 0 Å². The molecule has 2 aromatic carbocycles. The molecule has 39 heavy (non-hydrogen) atoms. The molecule has 7 nitrogen and oxygen atoms in total. The predicted octanol–water partition coefficient (Wildman–Crippen LogP) is 4.77. The number of carbonyl (C=O) groups is 2. The van der Waals surface area contributed by atoms with Gasteiger partial charge in [-0.3, -0.25) is 4.79 Å². The zero-order chi connectivity index (χ0) is 27.5. The molecule has 1 unspecified atom stereocenters. The summed E-state index contributed by atoms with van der Waals surface area (Å²) in [6.07, 6.45) is 6.36. The van der Waals surface area contributed by atoms with Gasteiger partial charge >= 0.3 is 6.03 Å². The van der Waals surface area contributed by atoms with Crippen LogP contribution in [0.15, 0.2) is 54.6 Å². The van der Waals surface area contributed by atoms with Crippen molar-refractivity contribution >= 4 is 23.5 Å². The fraction of sp³-hybridized carbons (Fsp3) is 0.548. The number of nitrogens with zero attached hydrogens (tertiary/aromatic N) is 2. The number of benzene rings is 2. The molecule has 2 aliphatic rings. The summed E-state index contributed by atoms with van der Waals surface area (Å²) in [4.78, 5) is 30.9. The Kier molecular flexibility index (Phi) is 11.5. The van der Waals surface area contributed by atoms with E-state index in [4.69, 9.17) is 11.6 Å². The van der Waals surface area contributed by atoms with Crippen LogP contribution in [0.3, 0.4) is 0 Å². The van der Waals surface area contributed by atoms with E-state index in [0.29, 0.717) is 30.6 Å². The van der Waals surface area contributed by atoms with Crippen molar-refractivity contribution in [3.05, 3.63) is 70.7 Å². The third-order valence-electron chi connectivity index (χ3n) is 8.06. The number of piperidine rings is 1. The molecule has 0 bridgehead atoms. The molecular weight excluding hydrogens is 510 g/mol. The number of hydrogen-bond acceptors (Lipinski definition) is 4. The van der Waals surface area contributed by atoms with Crippen LogP contribution < -0.4 is 16.0 Å². The van der Waals surface area contributed by atoms with E-state index >= 15 is 0 Å². The van der Waals surface area contributed by atoms with Gasteiger partial charge in [0.15, 0.2) is 0 Å². The standard InChI is InChI=1S/C31H44ClN5O2/c1-2-25(26-9-5-3-6-10-26)23-37-20-15-28(22-34-31(39)33-21-24-11-13-27(32)14-12-24)35-29(30(37)38)16-19-36-17-7-4-8-18-36/h3,5-6,9-14,25,28-29,35H,2,4,7-8,15-23H2,1H3,(H2,33,34,39)/t25-,28+,29?/m1/s1. The van der Waals surface area contributed by atoms with Gasteiger partial charge < -0.3 is 25.8 Å². The first kappa shape index (κ1) is 29.4. The Bertz CT molecular complexity index is 1030. The first-order chi connectivity index (χ1) is 19.0. The molecule has 0 saturated carbocycles. The van der Waals surface area contributed by atoms with Gasteiger partial charge in [0.25, 0.3) is 0 Å². The van der Waals surface area contributed by atoms with Crippen molar-refractivity contribution in [1.29, 1.82) is 0 Å². The minimum atomic E-state index is -0.244. The lowest BCUT2D eigenvalue weighted by Gasteiger charge is -2.31. The molecular formula is C31H44ClN5O2. The fourth-order valence-corrected chi connectivity index (χ4v) is 5.78. The second-order valence-corrected chi connectivity index (χ2v) is 11.3. The van der Waals surface area contributed by atoms with E-state index in [1.165, 1.54) is 24.8 Å². The SMILES string of the molecule is CC[C@H](CN1CC[C@@H](CNC(=O)NCc2ccc(Cl)cc2)NC(CCN2CCCCC2)C1=O)c1ccccc1. The van der Waals surface area contributed by atoms with Crippen LogP contribution >= 0.6 is 11.6 Å². The molecule has 2 aliphatic heterocycles. The predicted molar refractivity (Wildman–Crippen MR) is 158 cm³/mol. The van der Waals surface area contributed by atoms with Crippen LogP contribution in [-0.2, 0) is 11.3 Å². The molecule has 4 rings (SSSR count). The van der Waals surface area contributed by atoms with E-state index in [0.717, 1.165) is 51.0 Å². The van der Waals surface area contributed by atoms with Gasteiger partial charge in [0.2, 0.25) is 5.91 Å². The van der Waals surface area contributed by atoms with Crippen LogP contribution in [0, 0.1) is 0 Å². The van der Waals surface area contributed by atoms with Crippen LogP contribution in [0.25, 0.3) is 0 Å².